The molecule has 33 heteroatoms. The van der Waals surface area contributed by atoms with E-state index in [1.54, 1.807) is 0 Å². The number of hydrogen-bond donors (Lipinski definition) is 1. The van der Waals surface area contributed by atoms with Crippen LogP contribution in [0.2, 0.25) is 0 Å². The van der Waals surface area contributed by atoms with Crippen molar-refractivity contribution in [2.75, 3.05) is 0 Å². The van der Waals surface area contributed by atoms with E-state index in [9.17, 15) is 141 Å². The smallest absolute Gasteiger partial charge is 0.460 e. The van der Waals surface area contributed by atoms with Gasteiger partial charge in [0.15, 0.2) is 0 Å². The second kappa shape index (κ2) is 10.9. The summed E-state index contributed by atoms with van der Waals surface area (Å²) >= 11 is 0. The average Bonchev–Trinajstić information content (AvgIpc) is 2.84. The van der Waals surface area contributed by atoms with Gasteiger partial charge in [0.05, 0.1) is 0 Å². The first-order chi connectivity index (χ1) is 20.4. The fraction of sp³-hybridized carbons (Fsp3) is 0.938. The third-order valence-corrected chi connectivity index (χ3v) is 5.82. The molecule has 294 valence electrons. The number of rotatable bonds is 13. The van der Waals surface area contributed by atoms with Gasteiger partial charge in [-0.15, -0.1) is 0 Å². The monoisotopic (exact) mass is 814 g/mol. The molecule has 0 radical (unpaired) electrons. The van der Waals surface area contributed by atoms with Gasteiger partial charge in [0.25, 0.3) is 0 Å². The fourth-order valence-corrected chi connectivity index (χ4v) is 2.83. The van der Waals surface area contributed by atoms with Gasteiger partial charge in [-0.2, -0.15) is 132 Å². The Morgan fingerprint density at radius 3 is 0.531 bits per heavy atom. The van der Waals surface area contributed by atoms with Crippen LogP contribution in [0.3, 0.4) is 0 Å². The first-order valence-electron chi connectivity index (χ1n) is 10.0. The largest absolute Gasteiger partial charge is 0.479 e. The van der Waals surface area contributed by atoms with Gasteiger partial charge in [-0.1, -0.05) is 0 Å². The summed E-state index contributed by atoms with van der Waals surface area (Å²) in [4.78, 5) is 10.4. The number of carbonyl (C=O) groups is 1. The van der Waals surface area contributed by atoms with Crippen molar-refractivity contribution in [1.82, 2.24) is 0 Å². The van der Waals surface area contributed by atoms with E-state index in [-0.39, 0.29) is 0 Å². The first-order valence-corrected chi connectivity index (χ1v) is 10.0. The SMILES string of the molecule is O=C(O)C(F)(C(F)(F)C(F)(F)F)C(F)(F)C(F)(F)C(F)(F)C(F)(F)C(F)(F)C(F)(F)C(F)(F)C(F)(F)C(F)(F)C(F)(F)C(F)(F)C(F)(F)F. The highest BCUT2D eigenvalue weighted by Crippen LogP contribution is 2.69. The lowest BCUT2D eigenvalue weighted by atomic mass is 9.79. The lowest BCUT2D eigenvalue weighted by Crippen LogP contribution is -2.80. The Kier molecular flexibility index (Phi) is 10.3. The van der Waals surface area contributed by atoms with Crippen LogP contribution in [-0.4, -0.2) is 100 Å². The normalized spacial score (nSPS) is 18.0. The van der Waals surface area contributed by atoms with E-state index >= 15 is 0 Å². The van der Waals surface area contributed by atoms with Crippen molar-refractivity contribution >= 4 is 5.97 Å². The van der Waals surface area contributed by atoms with Gasteiger partial charge < -0.3 is 5.11 Å². The molecule has 0 aliphatic carbocycles. The number of carboxylic acids is 1. The van der Waals surface area contributed by atoms with Crippen LogP contribution in [0.1, 0.15) is 0 Å². The summed E-state index contributed by atoms with van der Waals surface area (Å²) in [5.74, 6) is -122. The number of halogens is 31. The summed E-state index contributed by atoms with van der Waals surface area (Å²) in [6.07, 6.45) is -16.7. The fourth-order valence-electron chi connectivity index (χ4n) is 2.83. The minimum atomic E-state index is -10.2. The third kappa shape index (κ3) is 5.08. The topological polar surface area (TPSA) is 37.3 Å². The lowest BCUT2D eigenvalue weighted by molar-refractivity contribution is -0.485. The van der Waals surface area contributed by atoms with Crippen molar-refractivity contribution in [1.29, 1.82) is 0 Å². The second-order valence-electron chi connectivity index (χ2n) is 8.85. The predicted molar refractivity (Wildman–Crippen MR) is 82.9 cm³/mol. The number of aliphatic carboxylic acids is 1. The number of carboxylic acid groups (broad SMARTS) is 1. The van der Waals surface area contributed by atoms with Gasteiger partial charge in [-0.05, 0) is 0 Å². The first kappa shape index (κ1) is 46.3. The molecule has 1 atom stereocenters. The summed E-state index contributed by atoms with van der Waals surface area (Å²) in [6.45, 7) is 0. The van der Waals surface area contributed by atoms with Crippen molar-refractivity contribution < 1.29 is 146 Å². The van der Waals surface area contributed by atoms with E-state index < -0.39 is 95.1 Å². The summed E-state index contributed by atoms with van der Waals surface area (Å²) in [7, 11) is 0. The van der Waals surface area contributed by atoms with Crippen LogP contribution in [0.15, 0.2) is 0 Å². The van der Waals surface area contributed by atoms with E-state index in [1.165, 1.54) is 0 Å². The number of alkyl halides is 31. The standard InChI is InChI=1S/C16HF31O2/c17-2(1(48)49,4(20,21)15(42,43)44)3(18,19)5(22,23)6(24,25)7(26,27)8(28,29)9(30,31)10(32,33)11(34,35)12(36,37)13(38,39)14(40,41)16(45,46)47/h(H,48,49). The van der Waals surface area contributed by atoms with Crippen molar-refractivity contribution in [2.45, 2.75) is 89.1 Å². The highest BCUT2D eigenvalue weighted by Gasteiger charge is 3.01. The van der Waals surface area contributed by atoms with Crippen LogP contribution >= 0.6 is 0 Å². The number of hydrogen-bond acceptors (Lipinski definition) is 1. The van der Waals surface area contributed by atoms with Crippen molar-refractivity contribution in [3.63, 3.8) is 0 Å². The zero-order chi connectivity index (χ0) is 41.1. The Morgan fingerprint density at radius 2 is 0.388 bits per heavy atom. The van der Waals surface area contributed by atoms with Crippen LogP contribution in [-0.2, 0) is 4.79 Å². The minimum Gasteiger partial charge on any atom is -0.479 e. The van der Waals surface area contributed by atoms with Crippen LogP contribution in [0, 0.1) is 0 Å². The Hall–Kier alpha value is -2.70. The van der Waals surface area contributed by atoms with Crippen LogP contribution in [0.4, 0.5) is 136 Å². The van der Waals surface area contributed by atoms with Crippen LogP contribution in [0.5, 0.6) is 0 Å². The highest BCUT2D eigenvalue weighted by molar-refractivity contribution is 5.81. The van der Waals surface area contributed by atoms with Crippen molar-refractivity contribution in [3.05, 3.63) is 0 Å². The molecule has 1 unspecified atom stereocenters. The highest BCUT2D eigenvalue weighted by atomic mass is 19.4. The van der Waals surface area contributed by atoms with Gasteiger partial charge in [-0.3, -0.25) is 0 Å². The van der Waals surface area contributed by atoms with Gasteiger partial charge in [0.2, 0.25) is 0 Å². The molecule has 2 nitrogen and oxygen atoms in total. The van der Waals surface area contributed by atoms with E-state index in [0.29, 0.717) is 0 Å². The minimum absolute atomic E-state index is 5.50. The Balaban J connectivity index is 7.81. The molecule has 0 fully saturated rings. The molecule has 0 spiro atoms. The molecular weight excluding hydrogens is 813 g/mol. The Bertz CT molecular complexity index is 1250. The molecule has 0 rings (SSSR count). The zero-order valence-corrected chi connectivity index (χ0v) is 20.6. The van der Waals surface area contributed by atoms with E-state index in [4.69, 9.17) is 5.11 Å². The quantitative estimate of drug-likeness (QED) is 0.188. The van der Waals surface area contributed by atoms with Crippen LogP contribution in [0.25, 0.3) is 0 Å². The molecular formula is C16HF31O2. The van der Waals surface area contributed by atoms with Crippen molar-refractivity contribution in [2.24, 2.45) is 0 Å². The molecule has 0 saturated heterocycles. The van der Waals surface area contributed by atoms with E-state index in [0.717, 1.165) is 0 Å². The molecule has 0 aliphatic heterocycles. The van der Waals surface area contributed by atoms with Gasteiger partial charge in [0, 0.05) is 0 Å². The summed E-state index contributed by atoms with van der Waals surface area (Å²) in [6, 6.07) is 0. The molecule has 0 bridgehead atoms. The summed E-state index contributed by atoms with van der Waals surface area (Å²) in [5.41, 5.74) is -8.91. The Labute approximate surface area is 242 Å². The summed E-state index contributed by atoms with van der Waals surface area (Å²) in [5, 5.41) is 7.93. The molecule has 0 aromatic carbocycles. The maximum Gasteiger partial charge on any atom is 0.460 e. The lowest BCUT2D eigenvalue weighted by Gasteiger charge is -2.46. The molecule has 1 N–H and O–H groups in total. The van der Waals surface area contributed by atoms with Crippen LogP contribution < -0.4 is 0 Å². The molecule has 0 saturated carbocycles. The third-order valence-electron chi connectivity index (χ3n) is 5.82. The molecule has 0 amide bonds. The molecule has 0 aromatic rings. The molecule has 49 heavy (non-hydrogen) atoms. The maximum atomic E-state index is 14.0. The molecule has 0 aliphatic rings. The Morgan fingerprint density at radius 1 is 0.245 bits per heavy atom. The van der Waals surface area contributed by atoms with Gasteiger partial charge >= 0.3 is 95.1 Å². The predicted octanol–water partition coefficient (Wildman–Crippen LogP) is 9.53. The van der Waals surface area contributed by atoms with Gasteiger partial charge in [-0.25, -0.2) is 9.18 Å². The summed E-state index contributed by atoms with van der Waals surface area (Å²) < 4.78 is 411. The maximum absolute atomic E-state index is 14.0. The van der Waals surface area contributed by atoms with Crippen molar-refractivity contribution in [3.8, 4) is 0 Å². The second-order valence-corrected chi connectivity index (χ2v) is 8.85. The molecule has 0 heterocycles. The zero-order valence-electron chi connectivity index (χ0n) is 20.6. The van der Waals surface area contributed by atoms with Gasteiger partial charge in [0.1, 0.15) is 0 Å². The van der Waals surface area contributed by atoms with E-state index in [1.807, 2.05) is 0 Å². The van der Waals surface area contributed by atoms with E-state index in [2.05, 4.69) is 0 Å². The molecule has 0 aromatic heterocycles. The average molecular weight is 814 g/mol.